The number of esters is 1. The number of nitrogens with one attached hydrogen (secondary N) is 1. The van der Waals surface area contributed by atoms with Gasteiger partial charge >= 0.3 is 5.97 Å². The molecule has 3 rings (SSSR count). The number of hydrogen-bond donors (Lipinski definition) is 1. The van der Waals surface area contributed by atoms with Gasteiger partial charge in [-0.25, -0.2) is 9.48 Å². The van der Waals surface area contributed by atoms with Crippen molar-refractivity contribution in [3.8, 4) is 17.2 Å². The molecule has 0 saturated heterocycles. The number of nitrogens with zero attached hydrogens (tertiary/aromatic N) is 2. The quantitative estimate of drug-likeness (QED) is 0.568. The Bertz CT molecular complexity index is 1200. The largest absolute Gasteiger partial charge is 0.497 e. The first-order valence-corrected chi connectivity index (χ1v) is 9.86. The van der Waals surface area contributed by atoms with Crippen molar-refractivity contribution in [1.29, 1.82) is 0 Å². The van der Waals surface area contributed by atoms with E-state index in [1.165, 1.54) is 31.9 Å². The van der Waals surface area contributed by atoms with Gasteiger partial charge in [-0.1, -0.05) is 18.2 Å². The highest BCUT2D eigenvalue weighted by Gasteiger charge is 2.25. The van der Waals surface area contributed by atoms with Crippen LogP contribution in [0.25, 0.3) is 5.69 Å². The number of carbonyl (C=O) groups excluding carboxylic acids is 2. The van der Waals surface area contributed by atoms with Crippen molar-refractivity contribution in [3.63, 3.8) is 0 Å². The van der Waals surface area contributed by atoms with Crippen LogP contribution >= 0.6 is 0 Å². The third-order valence-electron chi connectivity index (χ3n) is 5.08. The fraction of sp³-hybridized carbons (Fsp3) is 0.261. The summed E-state index contributed by atoms with van der Waals surface area (Å²) in [4.78, 5) is 38.2. The Balaban J connectivity index is 1.78. The molecule has 168 valence electrons. The van der Waals surface area contributed by atoms with Crippen LogP contribution in [0.5, 0.6) is 11.5 Å². The fourth-order valence-electron chi connectivity index (χ4n) is 3.18. The van der Waals surface area contributed by atoms with E-state index in [1.54, 1.807) is 42.9 Å². The van der Waals surface area contributed by atoms with Crippen molar-refractivity contribution < 1.29 is 23.8 Å². The molecule has 0 spiro atoms. The summed E-state index contributed by atoms with van der Waals surface area (Å²) in [5, 5.41) is 2.59. The Morgan fingerprint density at radius 3 is 2.34 bits per heavy atom. The van der Waals surface area contributed by atoms with E-state index in [-0.39, 0.29) is 22.6 Å². The summed E-state index contributed by atoms with van der Waals surface area (Å²) in [6, 6.07) is 13.7. The molecular weight excluding hydrogens is 414 g/mol. The minimum atomic E-state index is -1.15. The van der Waals surface area contributed by atoms with Gasteiger partial charge in [-0.2, -0.15) is 0 Å². The fourth-order valence-corrected chi connectivity index (χ4v) is 3.18. The average molecular weight is 439 g/mol. The molecule has 1 N–H and O–H groups in total. The normalized spacial score (nSPS) is 11.5. The molecule has 1 unspecified atom stereocenters. The molecule has 1 aromatic heterocycles. The van der Waals surface area contributed by atoms with E-state index in [9.17, 15) is 14.4 Å². The van der Waals surface area contributed by atoms with Gasteiger partial charge in [-0.3, -0.25) is 14.3 Å². The van der Waals surface area contributed by atoms with Crippen LogP contribution in [0.3, 0.4) is 0 Å². The predicted molar refractivity (Wildman–Crippen MR) is 119 cm³/mol. The number of anilines is 1. The first-order valence-electron chi connectivity index (χ1n) is 9.86. The molecule has 0 aliphatic rings. The molecular formula is C23H25N3O6. The summed E-state index contributed by atoms with van der Waals surface area (Å²) in [5.74, 6) is -0.597. The lowest BCUT2D eigenvalue weighted by molar-refractivity contribution is -0.123. The summed E-state index contributed by atoms with van der Waals surface area (Å²) in [7, 11) is 4.63. The Kier molecular flexibility index (Phi) is 6.67. The van der Waals surface area contributed by atoms with Crippen molar-refractivity contribution in [3.05, 3.63) is 70.1 Å². The Hall–Kier alpha value is -4.01. The number of aromatic nitrogens is 2. The van der Waals surface area contributed by atoms with E-state index in [4.69, 9.17) is 14.2 Å². The first-order chi connectivity index (χ1) is 15.3. The minimum Gasteiger partial charge on any atom is -0.497 e. The molecule has 1 atom stereocenters. The summed E-state index contributed by atoms with van der Waals surface area (Å²) < 4.78 is 18.7. The minimum absolute atomic E-state index is 0.117. The first kappa shape index (κ1) is 22.7. The second-order valence-electron chi connectivity index (χ2n) is 7.04. The van der Waals surface area contributed by atoms with Crippen LogP contribution in [0.1, 0.15) is 23.0 Å². The highest BCUT2D eigenvalue weighted by atomic mass is 16.5. The molecule has 32 heavy (non-hydrogen) atoms. The second kappa shape index (κ2) is 9.42. The monoisotopic (exact) mass is 439 g/mol. The maximum atomic E-state index is 12.9. The molecule has 0 aliphatic heterocycles. The third kappa shape index (κ3) is 4.36. The number of benzene rings is 2. The third-order valence-corrected chi connectivity index (χ3v) is 5.08. The smallest absolute Gasteiger partial charge is 0.342 e. The lowest BCUT2D eigenvalue weighted by Gasteiger charge is -2.15. The highest BCUT2D eigenvalue weighted by molar-refractivity contribution is 5.98. The van der Waals surface area contributed by atoms with Gasteiger partial charge in [0.1, 0.15) is 22.7 Å². The predicted octanol–water partition coefficient (Wildman–Crippen LogP) is 2.69. The number of ether oxygens (including phenoxy) is 3. The van der Waals surface area contributed by atoms with Crippen molar-refractivity contribution in [2.75, 3.05) is 19.5 Å². The maximum Gasteiger partial charge on any atom is 0.342 e. The van der Waals surface area contributed by atoms with E-state index in [2.05, 4.69) is 5.32 Å². The SMILES string of the molecule is COc1ccc(C(=O)OC(C)C(=O)Nc2c(C)n(C)n(-c3ccccc3)c2=O)c(OC)c1. The Morgan fingerprint density at radius 1 is 1.03 bits per heavy atom. The van der Waals surface area contributed by atoms with Crippen molar-refractivity contribution in [1.82, 2.24) is 9.36 Å². The van der Waals surface area contributed by atoms with Gasteiger partial charge in [-0.05, 0) is 38.1 Å². The summed E-state index contributed by atoms with van der Waals surface area (Å²) in [6.07, 6.45) is -1.15. The summed E-state index contributed by atoms with van der Waals surface area (Å²) >= 11 is 0. The molecule has 9 heteroatoms. The molecule has 0 bridgehead atoms. The summed E-state index contributed by atoms with van der Waals surface area (Å²) in [5.41, 5.74) is 1.10. The van der Waals surface area contributed by atoms with Crippen molar-refractivity contribution in [2.45, 2.75) is 20.0 Å². The standard InChI is InChI=1S/C23H25N3O6/c1-14-20(22(28)26(25(14)3)16-9-7-6-8-10-16)24-21(27)15(2)32-23(29)18-12-11-17(30-4)13-19(18)31-5/h6-13,15H,1-5H3,(H,24,27). The molecule has 0 aliphatic carbocycles. The highest BCUT2D eigenvalue weighted by Crippen LogP contribution is 2.25. The number of para-hydroxylation sites is 1. The van der Waals surface area contributed by atoms with Crippen molar-refractivity contribution >= 4 is 17.6 Å². The summed E-state index contributed by atoms with van der Waals surface area (Å²) in [6.45, 7) is 3.15. The van der Waals surface area contributed by atoms with Crippen LogP contribution in [0.15, 0.2) is 53.3 Å². The lowest BCUT2D eigenvalue weighted by atomic mass is 10.2. The zero-order valence-corrected chi connectivity index (χ0v) is 18.5. The lowest BCUT2D eigenvalue weighted by Crippen LogP contribution is -2.32. The number of rotatable bonds is 7. The van der Waals surface area contributed by atoms with Gasteiger partial charge in [0, 0.05) is 13.1 Å². The van der Waals surface area contributed by atoms with E-state index in [0.717, 1.165) is 0 Å². The van der Waals surface area contributed by atoms with Crippen LogP contribution in [0.2, 0.25) is 0 Å². The van der Waals surface area contributed by atoms with Gasteiger partial charge in [-0.15, -0.1) is 0 Å². The zero-order valence-electron chi connectivity index (χ0n) is 18.5. The number of hydrogen-bond acceptors (Lipinski definition) is 6. The Morgan fingerprint density at radius 2 is 1.72 bits per heavy atom. The van der Waals surface area contributed by atoms with Gasteiger partial charge in [0.25, 0.3) is 11.5 Å². The molecule has 0 radical (unpaired) electrons. The zero-order chi connectivity index (χ0) is 23.4. The van der Waals surface area contributed by atoms with E-state index < -0.39 is 18.0 Å². The van der Waals surface area contributed by atoms with E-state index in [0.29, 0.717) is 17.1 Å². The molecule has 1 heterocycles. The van der Waals surface area contributed by atoms with E-state index >= 15 is 0 Å². The van der Waals surface area contributed by atoms with Crippen LogP contribution in [0.4, 0.5) is 5.69 Å². The molecule has 9 nitrogen and oxygen atoms in total. The van der Waals surface area contributed by atoms with Crippen LogP contribution in [-0.4, -0.2) is 41.6 Å². The molecule has 3 aromatic rings. The Labute approximate surface area is 185 Å². The van der Waals surface area contributed by atoms with Crippen LogP contribution < -0.4 is 20.3 Å². The molecule has 0 fully saturated rings. The van der Waals surface area contributed by atoms with Gasteiger partial charge in [0.05, 0.1) is 25.6 Å². The van der Waals surface area contributed by atoms with Crippen LogP contribution in [0, 0.1) is 6.92 Å². The average Bonchev–Trinajstić information content (AvgIpc) is 3.01. The number of carbonyl (C=O) groups is 2. The molecule has 0 saturated carbocycles. The van der Waals surface area contributed by atoms with Crippen LogP contribution in [-0.2, 0) is 16.6 Å². The second-order valence-corrected chi connectivity index (χ2v) is 7.04. The van der Waals surface area contributed by atoms with Gasteiger partial charge < -0.3 is 19.5 Å². The topological polar surface area (TPSA) is 101 Å². The molecule has 2 aromatic carbocycles. The number of amides is 1. The van der Waals surface area contributed by atoms with Crippen molar-refractivity contribution in [2.24, 2.45) is 7.05 Å². The molecule has 1 amide bonds. The maximum absolute atomic E-state index is 12.9. The van der Waals surface area contributed by atoms with E-state index in [1.807, 2.05) is 18.2 Å². The van der Waals surface area contributed by atoms with Gasteiger partial charge in [0.15, 0.2) is 6.10 Å². The van der Waals surface area contributed by atoms with Gasteiger partial charge in [0.2, 0.25) is 0 Å². The number of methoxy groups -OCH3 is 2.